The fourth-order valence-corrected chi connectivity index (χ4v) is 1.49. The molecule has 7 heteroatoms. The predicted octanol–water partition coefficient (Wildman–Crippen LogP) is 2.46. The average Bonchev–Trinajstić information content (AvgIpc) is 2.55. The average molecular weight is 245 g/mol. The summed E-state index contributed by atoms with van der Waals surface area (Å²) in [7, 11) is 0. The molecule has 0 aliphatic heterocycles. The molecule has 4 nitrogen and oxygen atoms in total. The Bertz CT molecular complexity index is 547. The van der Waals surface area contributed by atoms with Crippen LogP contribution >= 0.6 is 0 Å². The van der Waals surface area contributed by atoms with Crippen molar-refractivity contribution in [1.82, 2.24) is 14.6 Å². The molecule has 0 N–H and O–H groups in total. The fourth-order valence-electron chi connectivity index (χ4n) is 1.49. The molecule has 0 aliphatic carbocycles. The molecule has 0 saturated heterocycles. The Kier molecular flexibility index (Phi) is 2.68. The molecule has 0 aliphatic rings. The third-order valence-corrected chi connectivity index (χ3v) is 2.11. The van der Waals surface area contributed by atoms with E-state index in [2.05, 4.69) is 10.1 Å². The van der Waals surface area contributed by atoms with E-state index in [1.165, 1.54) is 6.07 Å². The standard InChI is InChI=1S/C10H10F3N3O/c1-3-17-9-5-7(10(11,12)13)16-8(14-9)4-6(2)15-16/h4-5H,3H2,1-2H3. The Balaban J connectivity index is 2.69. The first-order chi connectivity index (χ1) is 7.91. The van der Waals surface area contributed by atoms with E-state index in [1.54, 1.807) is 13.8 Å². The van der Waals surface area contributed by atoms with Crippen LogP contribution in [0.5, 0.6) is 5.88 Å². The van der Waals surface area contributed by atoms with Gasteiger partial charge in [0.25, 0.3) is 0 Å². The summed E-state index contributed by atoms with van der Waals surface area (Å²) in [4.78, 5) is 3.94. The maximum absolute atomic E-state index is 12.8. The van der Waals surface area contributed by atoms with Crippen molar-refractivity contribution in [2.24, 2.45) is 0 Å². The second-order valence-corrected chi connectivity index (χ2v) is 3.47. The van der Waals surface area contributed by atoms with Crippen molar-refractivity contribution in [3.8, 4) is 5.88 Å². The molecule has 0 spiro atoms. The molecule has 2 aromatic heterocycles. The molecule has 2 heterocycles. The van der Waals surface area contributed by atoms with Gasteiger partial charge in [0, 0.05) is 12.1 Å². The molecule has 0 atom stereocenters. The number of fused-ring (bicyclic) bond motifs is 1. The molecule has 0 bridgehead atoms. The van der Waals surface area contributed by atoms with E-state index in [0.717, 1.165) is 10.6 Å². The number of aromatic nitrogens is 3. The van der Waals surface area contributed by atoms with E-state index >= 15 is 0 Å². The van der Waals surface area contributed by atoms with Gasteiger partial charge in [-0.2, -0.15) is 23.3 Å². The number of halogens is 3. The maximum Gasteiger partial charge on any atom is 0.433 e. The third-order valence-electron chi connectivity index (χ3n) is 2.11. The minimum atomic E-state index is -4.49. The minimum Gasteiger partial charge on any atom is -0.478 e. The van der Waals surface area contributed by atoms with Crippen LogP contribution in [0.15, 0.2) is 12.1 Å². The Morgan fingerprint density at radius 3 is 2.65 bits per heavy atom. The summed E-state index contributed by atoms with van der Waals surface area (Å²) in [5.74, 6) is -0.0489. The number of rotatable bonds is 2. The van der Waals surface area contributed by atoms with Gasteiger partial charge in [-0.15, -0.1) is 0 Å². The van der Waals surface area contributed by atoms with Crippen LogP contribution in [0.1, 0.15) is 18.3 Å². The maximum atomic E-state index is 12.8. The van der Waals surface area contributed by atoms with Crippen LogP contribution < -0.4 is 4.74 Å². The third kappa shape index (κ3) is 2.17. The molecule has 0 aromatic carbocycles. The smallest absolute Gasteiger partial charge is 0.433 e. The number of hydrogen-bond acceptors (Lipinski definition) is 3. The van der Waals surface area contributed by atoms with Crippen LogP contribution in [0.4, 0.5) is 13.2 Å². The summed E-state index contributed by atoms with van der Waals surface area (Å²) in [6.07, 6.45) is -4.49. The van der Waals surface area contributed by atoms with Gasteiger partial charge in [0.2, 0.25) is 5.88 Å². The van der Waals surface area contributed by atoms with Crippen molar-refractivity contribution < 1.29 is 17.9 Å². The lowest BCUT2D eigenvalue weighted by Gasteiger charge is -2.10. The number of ether oxygens (including phenoxy) is 1. The van der Waals surface area contributed by atoms with Crippen molar-refractivity contribution >= 4 is 5.65 Å². The van der Waals surface area contributed by atoms with Gasteiger partial charge in [0.05, 0.1) is 12.3 Å². The largest absolute Gasteiger partial charge is 0.478 e. The predicted molar refractivity (Wildman–Crippen MR) is 53.9 cm³/mol. The first-order valence-corrected chi connectivity index (χ1v) is 4.99. The lowest BCUT2D eigenvalue weighted by Crippen LogP contribution is -2.14. The second kappa shape index (κ2) is 3.90. The van der Waals surface area contributed by atoms with Crippen LogP contribution in [-0.2, 0) is 6.18 Å². The lowest BCUT2D eigenvalue weighted by atomic mass is 10.4. The SMILES string of the molecule is CCOc1cc(C(F)(F)F)n2nc(C)cc2n1. The van der Waals surface area contributed by atoms with Crippen LogP contribution in [0, 0.1) is 6.92 Å². The molecule has 0 unspecified atom stereocenters. The van der Waals surface area contributed by atoms with Gasteiger partial charge < -0.3 is 4.74 Å². The highest BCUT2D eigenvalue weighted by Crippen LogP contribution is 2.31. The second-order valence-electron chi connectivity index (χ2n) is 3.47. The molecular weight excluding hydrogens is 235 g/mol. The van der Waals surface area contributed by atoms with E-state index < -0.39 is 11.9 Å². The molecule has 2 aromatic rings. The van der Waals surface area contributed by atoms with E-state index in [0.29, 0.717) is 5.69 Å². The summed E-state index contributed by atoms with van der Waals surface area (Å²) >= 11 is 0. The summed E-state index contributed by atoms with van der Waals surface area (Å²) in [5, 5.41) is 3.76. The molecule has 0 amide bonds. The van der Waals surface area contributed by atoms with Crippen molar-refractivity contribution in [2.45, 2.75) is 20.0 Å². The topological polar surface area (TPSA) is 39.4 Å². The first kappa shape index (κ1) is 11.7. The van der Waals surface area contributed by atoms with Gasteiger partial charge in [-0.05, 0) is 13.8 Å². The van der Waals surface area contributed by atoms with E-state index in [-0.39, 0.29) is 18.1 Å². The highest BCUT2D eigenvalue weighted by molar-refractivity contribution is 5.43. The Labute approximate surface area is 95.0 Å². The monoisotopic (exact) mass is 245 g/mol. The minimum absolute atomic E-state index is 0.0489. The molecule has 0 radical (unpaired) electrons. The normalized spacial score (nSPS) is 12.1. The van der Waals surface area contributed by atoms with Gasteiger partial charge in [-0.25, -0.2) is 4.52 Å². The molecule has 2 rings (SSSR count). The van der Waals surface area contributed by atoms with Crippen LogP contribution in [0.2, 0.25) is 0 Å². The van der Waals surface area contributed by atoms with Gasteiger partial charge >= 0.3 is 6.18 Å². The zero-order valence-corrected chi connectivity index (χ0v) is 9.25. The number of nitrogens with zero attached hydrogens (tertiary/aromatic N) is 3. The van der Waals surface area contributed by atoms with E-state index in [1.807, 2.05) is 0 Å². The summed E-state index contributed by atoms with van der Waals surface area (Å²) < 4.78 is 44.2. The lowest BCUT2D eigenvalue weighted by molar-refractivity contribution is -0.142. The molecule has 17 heavy (non-hydrogen) atoms. The van der Waals surface area contributed by atoms with Crippen molar-refractivity contribution in [3.63, 3.8) is 0 Å². The van der Waals surface area contributed by atoms with Gasteiger partial charge in [-0.3, -0.25) is 0 Å². The number of alkyl halides is 3. The van der Waals surface area contributed by atoms with Crippen molar-refractivity contribution in [1.29, 1.82) is 0 Å². The highest BCUT2D eigenvalue weighted by atomic mass is 19.4. The Morgan fingerprint density at radius 2 is 2.06 bits per heavy atom. The number of hydrogen-bond donors (Lipinski definition) is 0. The summed E-state index contributed by atoms with van der Waals surface area (Å²) in [5.41, 5.74) is -0.295. The Hall–Kier alpha value is -1.79. The molecule has 0 fully saturated rings. The quantitative estimate of drug-likeness (QED) is 0.815. The van der Waals surface area contributed by atoms with E-state index in [4.69, 9.17) is 4.74 Å². The van der Waals surface area contributed by atoms with Crippen LogP contribution in [0.3, 0.4) is 0 Å². The zero-order valence-electron chi connectivity index (χ0n) is 9.25. The van der Waals surface area contributed by atoms with Crippen molar-refractivity contribution in [2.75, 3.05) is 6.61 Å². The van der Waals surface area contributed by atoms with Crippen molar-refractivity contribution in [3.05, 3.63) is 23.5 Å². The zero-order chi connectivity index (χ0) is 12.6. The first-order valence-electron chi connectivity index (χ1n) is 4.99. The molecular formula is C10H10F3N3O. The van der Waals surface area contributed by atoms with E-state index in [9.17, 15) is 13.2 Å². The molecule has 0 saturated carbocycles. The van der Waals surface area contributed by atoms with Gasteiger partial charge in [-0.1, -0.05) is 0 Å². The summed E-state index contributed by atoms with van der Waals surface area (Å²) in [6.45, 7) is 3.55. The van der Waals surface area contributed by atoms with Crippen LogP contribution in [0.25, 0.3) is 5.65 Å². The highest BCUT2D eigenvalue weighted by Gasteiger charge is 2.35. The molecule has 92 valence electrons. The van der Waals surface area contributed by atoms with Crippen LogP contribution in [-0.4, -0.2) is 21.2 Å². The fraction of sp³-hybridized carbons (Fsp3) is 0.400. The summed E-state index contributed by atoms with van der Waals surface area (Å²) in [6, 6.07) is 2.32. The Morgan fingerprint density at radius 1 is 1.35 bits per heavy atom. The van der Waals surface area contributed by atoms with Gasteiger partial charge in [0.15, 0.2) is 11.3 Å². The number of aryl methyl sites for hydroxylation is 1. The van der Waals surface area contributed by atoms with Gasteiger partial charge in [0.1, 0.15) is 0 Å².